The Hall–Kier alpha value is -4.04. The van der Waals surface area contributed by atoms with Gasteiger partial charge < -0.3 is 20.3 Å². The van der Waals surface area contributed by atoms with Crippen LogP contribution >= 0.6 is 0 Å². The number of aliphatic hydroxyl groups is 2. The molecule has 0 amide bonds. The number of carbonyl (C=O) groups excluding carboxylic acids is 1. The molecular weight excluding hydrogens is 516 g/mol. The van der Waals surface area contributed by atoms with Crippen molar-refractivity contribution in [1.82, 2.24) is 5.32 Å². The van der Waals surface area contributed by atoms with E-state index in [1.54, 1.807) is 0 Å². The number of esters is 1. The van der Waals surface area contributed by atoms with E-state index in [2.05, 4.69) is 32.2 Å². The van der Waals surface area contributed by atoms with Gasteiger partial charge in [0.05, 0.1) is 47.9 Å². The van der Waals surface area contributed by atoms with E-state index >= 15 is 0 Å². The van der Waals surface area contributed by atoms with Gasteiger partial charge in [-0.25, -0.2) is 15.0 Å². The van der Waals surface area contributed by atoms with Gasteiger partial charge in [0.25, 0.3) is 0 Å². The Morgan fingerprint density at radius 3 is 2.39 bits per heavy atom. The summed E-state index contributed by atoms with van der Waals surface area (Å²) in [5.41, 5.74) is 13.4. The van der Waals surface area contributed by atoms with Crippen LogP contribution in [-0.4, -0.2) is 47.0 Å². The summed E-state index contributed by atoms with van der Waals surface area (Å²) in [5.74, 6) is 0.123. The van der Waals surface area contributed by atoms with Crippen LogP contribution in [0.25, 0.3) is 0 Å². The van der Waals surface area contributed by atoms with Gasteiger partial charge in [-0.3, -0.25) is 4.79 Å². The van der Waals surface area contributed by atoms with Crippen LogP contribution in [0.15, 0.2) is 106 Å². The average Bonchev–Trinajstić information content (AvgIpc) is 3.70. The Bertz CT molecular complexity index is 1650. The number of aliphatic hydroxyl groups excluding tert-OH is 2. The largest absolute Gasteiger partial charge is 0.511 e. The van der Waals surface area contributed by atoms with E-state index in [1.165, 1.54) is 7.11 Å². The summed E-state index contributed by atoms with van der Waals surface area (Å²) in [4.78, 5) is 27.2. The highest BCUT2D eigenvalue weighted by Crippen LogP contribution is 2.46. The number of carbonyl (C=O) groups is 1. The molecule has 2 atom stereocenters. The summed E-state index contributed by atoms with van der Waals surface area (Å²) >= 11 is 0. The Kier molecular flexibility index (Phi) is 6.69. The second-order valence-electron chi connectivity index (χ2n) is 11.4. The minimum atomic E-state index is -0.247. The number of ether oxygens (including phenoxy) is 1. The van der Waals surface area contributed by atoms with Gasteiger partial charge in [-0.1, -0.05) is 13.8 Å². The molecule has 6 aliphatic rings. The van der Waals surface area contributed by atoms with E-state index in [1.807, 2.05) is 26.0 Å². The number of rotatable bonds is 5. The van der Waals surface area contributed by atoms with Crippen molar-refractivity contribution >= 4 is 23.1 Å². The average molecular weight is 553 g/mol. The summed E-state index contributed by atoms with van der Waals surface area (Å²) in [6, 6.07) is 0. The first-order valence-corrected chi connectivity index (χ1v) is 14.3. The molecule has 0 aromatic heterocycles. The predicted octanol–water partition coefficient (Wildman–Crippen LogP) is 5.60. The Morgan fingerprint density at radius 2 is 1.71 bits per heavy atom. The zero-order chi connectivity index (χ0) is 29.2. The van der Waals surface area contributed by atoms with Crippen molar-refractivity contribution < 1.29 is 19.7 Å². The molecule has 8 nitrogen and oxygen atoms in total. The van der Waals surface area contributed by atoms with Gasteiger partial charge in [0.15, 0.2) is 0 Å². The van der Waals surface area contributed by atoms with Crippen molar-refractivity contribution in [1.29, 1.82) is 0 Å². The maximum Gasteiger partial charge on any atom is 0.305 e. The molecule has 41 heavy (non-hydrogen) atoms. The third-order valence-corrected chi connectivity index (χ3v) is 9.23. The first-order valence-electron chi connectivity index (χ1n) is 14.3. The molecule has 0 radical (unpaired) electrons. The lowest BCUT2D eigenvalue weighted by Crippen LogP contribution is -2.16. The number of hydrogen-bond acceptors (Lipinski definition) is 8. The minimum absolute atomic E-state index is 0.000975. The smallest absolute Gasteiger partial charge is 0.305 e. The van der Waals surface area contributed by atoms with E-state index in [-0.39, 0.29) is 30.8 Å². The third kappa shape index (κ3) is 4.23. The van der Waals surface area contributed by atoms with Gasteiger partial charge in [0.2, 0.25) is 0 Å². The van der Waals surface area contributed by atoms with Gasteiger partial charge in [0, 0.05) is 52.8 Å². The molecule has 1 saturated heterocycles. The maximum absolute atomic E-state index is 12.2. The summed E-state index contributed by atoms with van der Waals surface area (Å²) in [6.07, 6.45) is 8.12. The number of hydrogen-bond donors (Lipinski definition) is 3. The fraction of sp³-hybridized carbons (Fsp3) is 0.394. The fourth-order valence-electron chi connectivity index (χ4n) is 6.73. The van der Waals surface area contributed by atoms with Crippen LogP contribution in [0.5, 0.6) is 0 Å². The number of methoxy groups -OCH3 is 1. The molecule has 0 saturated carbocycles. The minimum Gasteiger partial charge on any atom is -0.511 e. The lowest BCUT2D eigenvalue weighted by atomic mass is 9.86. The standard InChI is InChI=1S/C33H36N4O4/c1-7-19-15(2)24-12-28-22(14-38)17(4)23(35-28)11-25-16(3)20(8-9-30(40)41-6)32(36-25)21-10-29(39)31-18(5)26(37-33(21)31)13-27(19)34-24/h11-13,16,20,36,38-39H,7-10,14H2,1-6H3/t16-,20?/m0/s1. The summed E-state index contributed by atoms with van der Waals surface area (Å²) in [6.45, 7) is 10.2. The number of allylic oxidation sites excluding steroid dienone is 11. The number of nitrogens with one attached hydrogen (secondary N) is 1. The first kappa shape index (κ1) is 27.1. The quantitative estimate of drug-likeness (QED) is 0.384. The second-order valence-corrected chi connectivity index (χ2v) is 11.4. The maximum atomic E-state index is 12.2. The lowest BCUT2D eigenvalue weighted by Gasteiger charge is -2.17. The van der Waals surface area contributed by atoms with E-state index < -0.39 is 0 Å². The molecule has 1 unspecified atom stereocenters. The summed E-state index contributed by atoms with van der Waals surface area (Å²) in [5, 5.41) is 25.1. The molecule has 212 valence electrons. The molecule has 8 heteroatoms. The number of fused-ring (bicyclic) bond motifs is 5. The van der Waals surface area contributed by atoms with Gasteiger partial charge in [0.1, 0.15) is 5.76 Å². The lowest BCUT2D eigenvalue weighted by molar-refractivity contribution is -0.140. The van der Waals surface area contributed by atoms with Crippen LogP contribution in [0.4, 0.5) is 0 Å². The van der Waals surface area contributed by atoms with Crippen LogP contribution in [0.2, 0.25) is 0 Å². The van der Waals surface area contributed by atoms with Crippen LogP contribution in [0.3, 0.4) is 0 Å². The SMILES string of the molecule is CCC1=C(C)C2=NC1=CC1=C(C)C3=C(O)CC(=C4NC(=CC5=NC(=C2)C(CO)=C5C)[C@@H](C)C4CCC(=O)OC)C3=N1. The number of nitrogens with zero attached hydrogens (tertiary/aromatic N) is 3. The van der Waals surface area contributed by atoms with Crippen molar-refractivity contribution in [3.8, 4) is 0 Å². The highest BCUT2D eigenvalue weighted by atomic mass is 16.5. The topological polar surface area (TPSA) is 116 Å². The molecule has 1 fully saturated rings. The zero-order valence-electron chi connectivity index (χ0n) is 24.5. The zero-order valence-corrected chi connectivity index (χ0v) is 24.5. The molecule has 1 aliphatic carbocycles. The Balaban J connectivity index is 1.59. The van der Waals surface area contributed by atoms with Crippen molar-refractivity contribution in [2.24, 2.45) is 26.8 Å². The highest BCUT2D eigenvalue weighted by molar-refractivity contribution is 6.21. The van der Waals surface area contributed by atoms with Crippen LogP contribution < -0.4 is 5.32 Å². The Morgan fingerprint density at radius 1 is 1.02 bits per heavy atom. The van der Waals surface area contributed by atoms with Crippen molar-refractivity contribution in [3.63, 3.8) is 0 Å². The van der Waals surface area contributed by atoms with E-state index in [4.69, 9.17) is 19.7 Å². The van der Waals surface area contributed by atoms with Crippen molar-refractivity contribution in [2.45, 2.75) is 60.3 Å². The van der Waals surface area contributed by atoms with Crippen LogP contribution in [0.1, 0.15) is 60.3 Å². The fourth-order valence-corrected chi connectivity index (χ4v) is 6.73. The molecular formula is C33H36N4O4. The third-order valence-electron chi connectivity index (χ3n) is 9.23. The van der Waals surface area contributed by atoms with Crippen molar-refractivity contribution in [3.05, 3.63) is 91.5 Å². The van der Waals surface area contributed by atoms with Gasteiger partial charge in [-0.05, 0) is 74.1 Å². The molecule has 0 aromatic carbocycles. The van der Waals surface area contributed by atoms with E-state index in [0.717, 1.165) is 91.1 Å². The number of aliphatic imine (C=N–C) groups is 3. The molecule has 5 aliphatic heterocycles. The molecule has 8 bridgehead atoms. The van der Waals surface area contributed by atoms with E-state index in [9.17, 15) is 15.0 Å². The second kappa shape index (κ2) is 10.1. The molecule has 5 heterocycles. The van der Waals surface area contributed by atoms with Gasteiger partial charge in [-0.2, -0.15) is 0 Å². The molecule has 0 aromatic rings. The molecule has 3 N–H and O–H groups in total. The monoisotopic (exact) mass is 552 g/mol. The van der Waals surface area contributed by atoms with Crippen LogP contribution in [0, 0.1) is 11.8 Å². The molecule has 6 rings (SSSR count). The molecule has 0 spiro atoms. The highest BCUT2D eigenvalue weighted by Gasteiger charge is 2.41. The predicted molar refractivity (Wildman–Crippen MR) is 160 cm³/mol. The first-order chi connectivity index (χ1) is 19.7. The van der Waals surface area contributed by atoms with Gasteiger partial charge in [-0.15, -0.1) is 0 Å². The van der Waals surface area contributed by atoms with Gasteiger partial charge >= 0.3 is 5.97 Å². The van der Waals surface area contributed by atoms with Crippen LogP contribution in [-0.2, 0) is 9.53 Å². The Labute approximate surface area is 240 Å². The van der Waals surface area contributed by atoms with E-state index in [0.29, 0.717) is 18.6 Å². The van der Waals surface area contributed by atoms with Crippen molar-refractivity contribution in [2.75, 3.05) is 13.7 Å². The summed E-state index contributed by atoms with van der Waals surface area (Å²) < 4.78 is 4.95. The normalized spacial score (nSPS) is 25.0. The summed E-state index contributed by atoms with van der Waals surface area (Å²) in [7, 11) is 1.41.